The van der Waals surface area contributed by atoms with E-state index >= 15 is 0 Å². The molecule has 210 valence electrons. The van der Waals surface area contributed by atoms with Crippen molar-refractivity contribution in [3.63, 3.8) is 0 Å². The topological polar surface area (TPSA) is 73.7 Å². The summed E-state index contributed by atoms with van der Waals surface area (Å²) in [7, 11) is 0. The first-order valence-corrected chi connectivity index (χ1v) is 14.8. The number of hydrogen-bond donors (Lipinski definition) is 0. The molecule has 8 aromatic rings. The first kappa shape index (κ1) is 25.2. The highest BCUT2D eigenvalue weighted by molar-refractivity contribution is 6.09. The highest BCUT2D eigenvalue weighted by Gasteiger charge is 2.21. The third kappa shape index (κ3) is 4.31. The third-order valence-corrected chi connectivity index (χ3v) is 8.18. The molecule has 6 nitrogen and oxygen atoms in total. The first-order chi connectivity index (χ1) is 22.3. The number of pyridine rings is 2. The monoisotopic (exact) mass is 577 g/mol. The summed E-state index contributed by atoms with van der Waals surface area (Å²) in [5, 5.41) is 3.09. The first-order valence-electron chi connectivity index (χ1n) is 14.8. The molecule has 0 fully saturated rings. The van der Waals surface area contributed by atoms with Gasteiger partial charge in [0.1, 0.15) is 11.5 Å². The smallest absolute Gasteiger partial charge is 0.165 e. The summed E-state index contributed by atoms with van der Waals surface area (Å²) in [6.07, 6.45) is 1.79. The molecule has 0 aliphatic carbocycles. The van der Waals surface area contributed by atoms with E-state index in [9.17, 15) is 0 Å². The zero-order valence-corrected chi connectivity index (χ0v) is 23.9. The van der Waals surface area contributed by atoms with Crippen LogP contribution in [0.25, 0.3) is 78.4 Å². The van der Waals surface area contributed by atoms with Crippen molar-refractivity contribution < 1.29 is 4.74 Å². The largest absolute Gasteiger partial charge is 0.456 e. The van der Waals surface area contributed by atoms with Crippen molar-refractivity contribution in [2.75, 3.05) is 0 Å². The Balaban J connectivity index is 1.14. The molecule has 5 aromatic carbocycles. The molecule has 0 saturated heterocycles. The minimum atomic E-state index is 0.560. The van der Waals surface area contributed by atoms with Gasteiger partial charge < -0.3 is 4.74 Å². The van der Waals surface area contributed by atoms with Gasteiger partial charge in [-0.25, -0.2) is 24.9 Å². The van der Waals surface area contributed by atoms with Crippen LogP contribution in [0.1, 0.15) is 0 Å². The molecule has 0 bridgehead atoms. The number of aromatic nitrogens is 5. The lowest BCUT2D eigenvalue weighted by atomic mass is 9.91. The maximum absolute atomic E-state index is 6.29. The highest BCUT2D eigenvalue weighted by atomic mass is 16.5. The van der Waals surface area contributed by atoms with Crippen molar-refractivity contribution in [2.24, 2.45) is 0 Å². The molecule has 0 unspecified atom stereocenters. The molecule has 0 atom stereocenters. The fourth-order valence-corrected chi connectivity index (χ4v) is 6.02. The van der Waals surface area contributed by atoms with Crippen LogP contribution in [0.3, 0.4) is 0 Å². The lowest BCUT2D eigenvalue weighted by Crippen LogP contribution is -2.00. The minimum Gasteiger partial charge on any atom is -0.456 e. The fraction of sp³-hybridized carbons (Fsp3) is 0. The summed E-state index contributed by atoms with van der Waals surface area (Å²) in [5.74, 6) is 3.52. The maximum atomic E-state index is 6.29. The minimum absolute atomic E-state index is 0.560. The molecule has 6 heteroatoms. The lowest BCUT2D eigenvalue weighted by Gasteiger charge is -2.22. The van der Waals surface area contributed by atoms with Gasteiger partial charge in [-0.1, -0.05) is 97.1 Å². The Hall–Kier alpha value is -6.27. The van der Waals surface area contributed by atoms with Crippen LogP contribution in [-0.4, -0.2) is 24.9 Å². The van der Waals surface area contributed by atoms with Gasteiger partial charge in [0, 0.05) is 44.8 Å². The average molecular weight is 578 g/mol. The predicted molar refractivity (Wildman–Crippen MR) is 178 cm³/mol. The second kappa shape index (κ2) is 10.2. The Labute approximate surface area is 258 Å². The normalized spacial score (nSPS) is 11.7. The van der Waals surface area contributed by atoms with Gasteiger partial charge in [-0.05, 0) is 47.3 Å². The standard InChI is InChI=1S/C39H23N5O/c1-3-10-24(11-4-1)37-42-38(25-12-5-2-6-13-25)44-39(43-37)27-22-26-18-20-32(41-36(26)40-23-27)28-19-21-34-35-30(28)15-9-16-31(35)29-14-7-8-17-33(29)45-34/h1-23H. The summed E-state index contributed by atoms with van der Waals surface area (Å²) < 4.78 is 6.29. The van der Waals surface area contributed by atoms with E-state index in [0.29, 0.717) is 23.1 Å². The molecule has 0 amide bonds. The summed E-state index contributed by atoms with van der Waals surface area (Å²) in [5.41, 5.74) is 7.44. The summed E-state index contributed by atoms with van der Waals surface area (Å²) >= 11 is 0. The van der Waals surface area contributed by atoms with Gasteiger partial charge in [-0.2, -0.15) is 0 Å². The zero-order valence-electron chi connectivity index (χ0n) is 23.9. The molecule has 0 spiro atoms. The van der Waals surface area contributed by atoms with Crippen molar-refractivity contribution in [3.8, 4) is 68.0 Å². The quantitative estimate of drug-likeness (QED) is 0.207. The van der Waals surface area contributed by atoms with Crippen molar-refractivity contribution in [1.29, 1.82) is 0 Å². The fourth-order valence-electron chi connectivity index (χ4n) is 6.02. The summed E-state index contributed by atoms with van der Waals surface area (Å²) in [6, 6.07) is 44.7. The summed E-state index contributed by atoms with van der Waals surface area (Å²) in [6.45, 7) is 0. The van der Waals surface area contributed by atoms with Crippen molar-refractivity contribution in [1.82, 2.24) is 24.9 Å². The number of para-hydroxylation sites is 1. The number of hydrogen-bond acceptors (Lipinski definition) is 6. The molecule has 1 aliphatic heterocycles. The second-order valence-corrected chi connectivity index (χ2v) is 10.9. The molecule has 4 heterocycles. The Morgan fingerprint density at radius 2 is 1.11 bits per heavy atom. The van der Waals surface area contributed by atoms with Gasteiger partial charge in [0.2, 0.25) is 0 Å². The van der Waals surface area contributed by atoms with Crippen LogP contribution in [0.5, 0.6) is 11.5 Å². The Kier molecular flexibility index (Phi) is 5.71. The van der Waals surface area contributed by atoms with E-state index in [0.717, 1.165) is 66.7 Å². The molecule has 0 saturated carbocycles. The maximum Gasteiger partial charge on any atom is 0.165 e. The molecule has 3 aromatic heterocycles. The van der Waals surface area contributed by atoms with Crippen LogP contribution in [0.15, 0.2) is 140 Å². The number of rotatable bonds is 4. The molecule has 45 heavy (non-hydrogen) atoms. The second-order valence-electron chi connectivity index (χ2n) is 10.9. The number of nitrogens with zero attached hydrogens (tertiary/aromatic N) is 5. The van der Waals surface area contributed by atoms with Crippen LogP contribution in [0.4, 0.5) is 0 Å². The number of fused-ring (bicyclic) bond motifs is 3. The average Bonchev–Trinajstić information content (AvgIpc) is 3.12. The molecule has 0 N–H and O–H groups in total. The zero-order chi connectivity index (χ0) is 29.7. The number of ether oxygens (including phenoxy) is 1. The molecule has 0 radical (unpaired) electrons. The van der Waals surface area contributed by atoms with E-state index < -0.39 is 0 Å². The van der Waals surface area contributed by atoms with Gasteiger partial charge in [0.25, 0.3) is 0 Å². The Morgan fingerprint density at radius 1 is 0.444 bits per heavy atom. The Morgan fingerprint density at radius 3 is 1.87 bits per heavy atom. The molecule has 1 aliphatic rings. The van der Waals surface area contributed by atoms with Crippen LogP contribution in [0.2, 0.25) is 0 Å². The van der Waals surface area contributed by atoms with Crippen molar-refractivity contribution >= 4 is 21.8 Å². The van der Waals surface area contributed by atoms with Gasteiger partial charge >= 0.3 is 0 Å². The highest BCUT2D eigenvalue weighted by Crippen LogP contribution is 2.48. The van der Waals surface area contributed by atoms with Gasteiger partial charge in [0.15, 0.2) is 23.1 Å². The van der Waals surface area contributed by atoms with E-state index in [-0.39, 0.29) is 0 Å². The van der Waals surface area contributed by atoms with Gasteiger partial charge in [-0.3, -0.25) is 0 Å². The Bertz CT molecular complexity index is 2350. The number of benzene rings is 5. The molecular formula is C39H23N5O. The van der Waals surface area contributed by atoms with E-state index in [4.69, 9.17) is 29.7 Å². The van der Waals surface area contributed by atoms with Crippen molar-refractivity contribution in [3.05, 3.63) is 140 Å². The van der Waals surface area contributed by atoms with Crippen LogP contribution < -0.4 is 4.74 Å². The molecule has 9 rings (SSSR count). The van der Waals surface area contributed by atoms with Crippen molar-refractivity contribution in [2.45, 2.75) is 0 Å². The van der Waals surface area contributed by atoms with Gasteiger partial charge in [-0.15, -0.1) is 0 Å². The predicted octanol–water partition coefficient (Wildman–Crippen LogP) is 9.41. The summed E-state index contributed by atoms with van der Waals surface area (Å²) in [4.78, 5) is 24.3. The van der Waals surface area contributed by atoms with Crippen LogP contribution >= 0.6 is 0 Å². The van der Waals surface area contributed by atoms with E-state index in [2.05, 4.69) is 36.4 Å². The van der Waals surface area contributed by atoms with E-state index in [1.807, 2.05) is 97.1 Å². The van der Waals surface area contributed by atoms with E-state index in [1.165, 1.54) is 0 Å². The lowest BCUT2D eigenvalue weighted by molar-refractivity contribution is 0.487. The molecular weight excluding hydrogens is 554 g/mol. The SMILES string of the molecule is c1ccc(-c2nc(-c3ccccc3)nc(-c3cnc4nc(-c5ccc6c7c(cccc57)-c5ccccc5O6)ccc4c3)n2)cc1. The van der Waals surface area contributed by atoms with E-state index in [1.54, 1.807) is 6.20 Å². The third-order valence-electron chi connectivity index (χ3n) is 8.18. The van der Waals surface area contributed by atoms with Crippen LogP contribution in [-0.2, 0) is 0 Å². The van der Waals surface area contributed by atoms with Crippen LogP contribution in [0, 0.1) is 0 Å². The van der Waals surface area contributed by atoms with Gasteiger partial charge in [0.05, 0.1) is 5.69 Å².